The van der Waals surface area contributed by atoms with Gasteiger partial charge in [0.1, 0.15) is 5.75 Å². The van der Waals surface area contributed by atoms with Crippen molar-refractivity contribution >= 4 is 29.9 Å². The fourth-order valence-corrected chi connectivity index (χ4v) is 2.42. The minimum absolute atomic E-state index is 0. The fourth-order valence-electron chi connectivity index (χ4n) is 2.42. The Kier molecular flexibility index (Phi) is 10.0. The van der Waals surface area contributed by atoms with Crippen molar-refractivity contribution in [2.75, 3.05) is 33.4 Å². The summed E-state index contributed by atoms with van der Waals surface area (Å²) in [5, 5.41) is 6.60. The van der Waals surface area contributed by atoms with Gasteiger partial charge in [0.05, 0.1) is 12.7 Å². The number of aryl methyl sites for hydroxylation is 1. The summed E-state index contributed by atoms with van der Waals surface area (Å²) in [6.07, 6.45) is 3.54. The third kappa shape index (κ3) is 7.39. The molecule has 0 radical (unpaired) electrons. The van der Waals surface area contributed by atoms with E-state index in [9.17, 15) is 0 Å². The van der Waals surface area contributed by atoms with Crippen molar-refractivity contribution in [3.8, 4) is 5.75 Å². The van der Waals surface area contributed by atoms with E-state index in [-0.39, 0.29) is 24.0 Å². The molecule has 1 aromatic carbocycles. The van der Waals surface area contributed by atoms with E-state index < -0.39 is 0 Å². The molecule has 0 aliphatic carbocycles. The normalized spacial score (nSPS) is 17.5. The molecule has 2 N–H and O–H groups in total. The lowest BCUT2D eigenvalue weighted by molar-refractivity contribution is 0.114. The molecule has 1 saturated heterocycles. The van der Waals surface area contributed by atoms with Crippen LogP contribution >= 0.6 is 24.0 Å². The molecule has 0 aromatic heterocycles. The van der Waals surface area contributed by atoms with Gasteiger partial charge in [-0.25, -0.2) is 0 Å². The zero-order valence-electron chi connectivity index (χ0n) is 14.0. The van der Waals surface area contributed by atoms with Crippen molar-refractivity contribution < 1.29 is 9.47 Å². The zero-order valence-corrected chi connectivity index (χ0v) is 16.3. The van der Waals surface area contributed by atoms with Crippen molar-refractivity contribution in [1.29, 1.82) is 0 Å². The minimum atomic E-state index is 0. The molecule has 1 aromatic rings. The average Bonchev–Trinajstić information content (AvgIpc) is 3.05. The van der Waals surface area contributed by atoms with Crippen LogP contribution < -0.4 is 15.4 Å². The Morgan fingerprint density at radius 1 is 1.35 bits per heavy atom. The lowest BCUT2D eigenvalue weighted by Gasteiger charge is -2.15. The number of nitrogens with zero attached hydrogens (tertiary/aromatic N) is 1. The van der Waals surface area contributed by atoms with Crippen LogP contribution in [0.5, 0.6) is 5.75 Å². The van der Waals surface area contributed by atoms with Gasteiger partial charge in [-0.15, -0.1) is 24.0 Å². The van der Waals surface area contributed by atoms with Crippen LogP contribution in [0.4, 0.5) is 0 Å². The van der Waals surface area contributed by atoms with E-state index in [2.05, 4.69) is 28.6 Å². The molecule has 6 heteroatoms. The summed E-state index contributed by atoms with van der Waals surface area (Å²) in [4.78, 5) is 4.22. The maximum atomic E-state index is 5.77. The topological polar surface area (TPSA) is 54.9 Å². The van der Waals surface area contributed by atoms with Gasteiger partial charge in [0.15, 0.2) is 5.96 Å². The maximum Gasteiger partial charge on any atom is 0.191 e. The average molecular weight is 433 g/mol. The molecule has 1 aliphatic heterocycles. The minimum Gasteiger partial charge on any atom is -0.493 e. The molecule has 0 amide bonds. The molecule has 0 bridgehead atoms. The van der Waals surface area contributed by atoms with Crippen LogP contribution in [0.15, 0.2) is 29.3 Å². The highest BCUT2D eigenvalue weighted by Crippen LogP contribution is 2.16. The number of aliphatic imine (C=N–C) groups is 1. The van der Waals surface area contributed by atoms with Crippen LogP contribution in [0.25, 0.3) is 0 Å². The molecule has 23 heavy (non-hydrogen) atoms. The van der Waals surface area contributed by atoms with E-state index in [4.69, 9.17) is 9.47 Å². The number of rotatable bonds is 7. The van der Waals surface area contributed by atoms with Crippen molar-refractivity contribution in [2.24, 2.45) is 4.99 Å². The van der Waals surface area contributed by atoms with Gasteiger partial charge in [-0.1, -0.05) is 18.2 Å². The summed E-state index contributed by atoms with van der Waals surface area (Å²) >= 11 is 0. The van der Waals surface area contributed by atoms with Crippen LogP contribution in [0, 0.1) is 6.92 Å². The number of halogens is 1. The quantitative estimate of drug-likeness (QED) is 0.301. The first-order valence-electron chi connectivity index (χ1n) is 8.04. The molecule has 1 unspecified atom stereocenters. The highest BCUT2D eigenvalue weighted by molar-refractivity contribution is 14.0. The van der Waals surface area contributed by atoms with Crippen LogP contribution in [-0.4, -0.2) is 45.4 Å². The van der Waals surface area contributed by atoms with Gasteiger partial charge < -0.3 is 20.1 Å². The molecule has 0 spiro atoms. The highest BCUT2D eigenvalue weighted by atomic mass is 127. The fraction of sp³-hybridized carbons (Fsp3) is 0.588. The molecule has 2 rings (SSSR count). The first kappa shape index (κ1) is 20.0. The van der Waals surface area contributed by atoms with Crippen LogP contribution in [-0.2, 0) is 4.74 Å². The van der Waals surface area contributed by atoms with Gasteiger partial charge in [0, 0.05) is 26.7 Å². The second-order valence-corrected chi connectivity index (χ2v) is 5.48. The number of hydrogen-bond donors (Lipinski definition) is 2. The second-order valence-electron chi connectivity index (χ2n) is 5.48. The second kappa shape index (κ2) is 11.5. The number of para-hydroxylation sites is 1. The van der Waals surface area contributed by atoms with Crippen LogP contribution in [0.1, 0.15) is 24.8 Å². The van der Waals surface area contributed by atoms with Crippen molar-refractivity contribution in [3.05, 3.63) is 29.8 Å². The summed E-state index contributed by atoms with van der Waals surface area (Å²) in [5.74, 6) is 1.79. The number of benzene rings is 1. The van der Waals surface area contributed by atoms with Crippen molar-refractivity contribution in [2.45, 2.75) is 32.3 Å². The summed E-state index contributed by atoms with van der Waals surface area (Å²) in [7, 11) is 1.79. The van der Waals surface area contributed by atoms with Gasteiger partial charge in [-0.3, -0.25) is 4.99 Å². The Labute approximate surface area is 156 Å². The Morgan fingerprint density at radius 2 is 2.17 bits per heavy atom. The Bertz CT molecular complexity index is 477. The standard InChI is InChI=1S/C17H27N3O2.HI/c1-14-7-3-4-9-16(14)22-12-6-10-19-17(18-2)20-13-15-8-5-11-21-15;/h3-4,7,9,15H,5-6,8,10-13H2,1-2H3,(H2,18,19,20);1H. The van der Waals surface area contributed by atoms with E-state index in [1.165, 1.54) is 5.56 Å². The highest BCUT2D eigenvalue weighted by Gasteiger charge is 2.15. The molecular formula is C17H28IN3O2. The molecule has 1 atom stereocenters. The summed E-state index contributed by atoms with van der Waals surface area (Å²) in [5.41, 5.74) is 1.17. The predicted molar refractivity (Wildman–Crippen MR) is 105 cm³/mol. The Balaban J connectivity index is 0.00000264. The molecule has 1 aliphatic rings. The SMILES string of the molecule is CN=C(NCCCOc1ccccc1C)NCC1CCCO1.I. The van der Waals surface area contributed by atoms with E-state index in [0.717, 1.165) is 50.7 Å². The van der Waals surface area contributed by atoms with Crippen molar-refractivity contribution in [1.82, 2.24) is 10.6 Å². The van der Waals surface area contributed by atoms with E-state index >= 15 is 0 Å². The number of guanidine groups is 1. The molecule has 1 heterocycles. The number of hydrogen-bond acceptors (Lipinski definition) is 3. The van der Waals surface area contributed by atoms with E-state index in [1.54, 1.807) is 7.05 Å². The van der Waals surface area contributed by atoms with Crippen LogP contribution in [0.3, 0.4) is 0 Å². The molecule has 130 valence electrons. The largest absolute Gasteiger partial charge is 0.493 e. The van der Waals surface area contributed by atoms with Crippen molar-refractivity contribution in [3.63, 3.8) is 0 Å². The summed E-state index contributed by atoms with van der Waals surface area (Å²) in [6, 6.07) is 8.08. The third-order valence-electron chi connectivity index (χ3n) is 3.71. The lowest BCUT2D eigenvalue weighted by Crippen LogP contribution is -2.41. The first-order chi connectivity index (χ1) is 10.8. The first-order valence-corrected chi connectivity index (χ1v) is 8.04. The smallest absolute Gasteiger partial charge is 0.191 e. The molecular weight excluding hydrogens is 405 g/mol. The van der Waals surface area contributed by atoms with E-state index in [1.807, 2.05) is 18.2 Å². The zero-order chi connectivity index (χ0) is 15.6. The lowest BCUT2D eigenvalue weighted by atomic mass is 10.2. The number of ether oxygens (including phenoxy) is 2. The Morgan fingerprint density at radius 3 is 2.87 bits per heavy atom. The van der Waals surface area contributed by atoms with Gasteiger partial charge in [-0.2, -0.15) is 0 Å². The number of nitrogens with one attached hydrogen (secondary N) is 2. The third-order valence-corrected chi connectivity index (χ3v) is 3.71. The molecule has 0 saturated carbocycles. The maximum absolute atomic E-state index is 5.77. The monoisotopic (exact) mass is 433 g/mol. The predicted octanol–water partition coefficient (Wildman–Crippen LogP) is 2.73. The molecule has 1 fully saturated rings. The van der Waals surface area contributed by atoms with Gasteiger partial charge >= 0.3 is 0 Å². The summed E-state index contributed by atoms with van der Waals surface area (Å²) < 4.78 is 11.4. The van der Waals surface area contributed by atoms with Crippen LogP contribution in [0.2, 0.25) is 0 Å². The Hall–Kier alpha value is -1.02. The van der Waals surface area contributed by atoms with Gasteiger partial charge in [-0.05, 0) is 37.8 Å². The van der Waals surface area contributed by atoms with Gasteiger partial charge in [0.25, 0.3) is 0 Å². The van der Waals surface area contributed by atoms with Gasteiger partial charge in [0.2, 0.25) is 0 Å². The molecule has 5 nitrogen and oxygen atoms in total. The summed E-state index contributed by atoms with van der Waals surface area (Å²) in [6.45, 7) is 5.29. The van der Waals surface area contributed by atoms with E-state index in [0.29, 0.717) is 12.7 Å².